The molecule has 1 aromatic heterocycles. The second-order valence-electron chi connectivity index (χ2n) is 4.87. The Morgan fingerprint density at radius 3 is 3.19 bits per heavy atom. The van der Waals surface area contributed by atoms with Crippen LogP contribution in [0, 0.1) is 5.92 Å². The maximum atomic E-state index is 4.24. The van der Waals surface area contributed by atoms with Gasteiger partial charge in [-0.1, -0.05) is 13.8 Å². The summed E-state index contributed by atoms with van der Waals surface area (Å²) >= 11 is 2.05. The third kappa shape index (κ3) is 3.25. The van der Waals surface area contributed by atoms with E-state index in [1.807, 2.05) is 24.3 Å². The van der Waals surface area contributed by atoms with Crippen LogP contribution in [-0.4, -0.2) is 27.1 Å². The fourth-order valence-corrected chi connectivity index (χ4v) is 3.18. The van der Waals surface area contributed by atoms with Gasteiger partial charge in [0.2, 0.25) is 0 Å². The second kappa shape index (κ2) is 5.73. The van der Waals surface area contributed by atoms with Crippen molar-refractivity contribution >= 4 is 11.8 Å². The number of aromatic nitrogens is 2. The summed E-state index contributed by atoms with van der Waals surface area (Å²) in [7, 11) is 0. The van der Waals surface area contributed by atoms with Crippen LogP contribution in [-0.2, 0) is 13.1 Å². The topological polar surface area (TPSA) is 29.9 Å². The fourth-order valence-electron chi connectivity index (χ4n) is 2.00. The molecule has 1 saturated heterocycles. The van der Waals surface area contributed by atoms with Crippen LogP contribution in [0.2, 0.25) is 0 Å². The predicted molar refractivity (Wildman–Crippen MR) is 69.6 cm³/mol. The smallest absolute Gasteiger partial charge is 0.0948 e. The molecule has 3 nitrogen and oxygen atoms in total. The molecule has 0 spiro atoms. The molecule has 0 bridgehead atoms. The van der Waals surface area contributed by atoms with Crippen LogP contribution in [0.5, 0.6) is 0 Å². The molecular formula is C12H21N3S. The van der Waals surface area contributed by atoms with Crippen molar-refractivity contribution in [3.8, 4) is 0 Å². The minimum absolute atomic E-state index is 0.676. The van der Waals surface area contributed by atoms with Gasteiger partial charge >= 0.3 is 0 Å². The van der Waals surface area contributed by atoms with E-state index in [2.05, 4.69) is 28.7 Å². The molecule has 1 fully saturated rings. The molecule has 1 aliphatic rings. The van der Waals surface area contributed by atoms with Crippen molar-refractivity contribution in [2.24, 2.45) is 5.92 Å². The number of nitrogens with one attached hydrogen (secondary N) is 1. The Labute approximate surface area is 102 Å². The number of nitrogens with zero attached hydrogens (tertiary/aromatic N) is 2. The average molecular weight is 239 g/mol. The lowest BCUT2D eigenvalue weighted by atomic mass is 10.2. The largest absolute Gasteiger partial charge is 0.333 e. The Balaban J connectivity index is 1.85. The highest BCUT2D eigenvalue weighted by atomic mass is 32.2. The molecule has 2 heterocycles. The van der Waals surface area contributed by atoms with Crippen LogP contribution >= 0.6 is 11.8 Å². The standard InChI is InChI=1S/C12H21N3S/c1-10(2)7-15-9-13-5-12(15)6-14-11-3-4-16-8-11/h5,9-11,14H,3-4,6-8H2,1-2H3/t11-/m0/s1. The van der Waals surface area contributed by atoms with Crippen LogP contribution < -0.4 is 5.32 Å². The molecule has 0 amide bonds. The summed E-state index contributed by atoms with van der Waals surface area (Å²) in [6.07, 6.45) is 5.24. The SMILES string of the molecule is CC(C)Cn1cncc1CN[C@H]1CCSC1. The van der Waals surface area contributed by atoms with Crippen LogP contribution in [0.4, 0.5) is 0 Å². The lowest BCUT2D eigenvalue weighted by Crippen LogP contribution is -2.29. The summed E-state index contributed by atoms with van der Waals surface area (Å²) in [4.78, 5) is 4.24. The van der Waals surface area contributed by atoms with Gasteiger partial charge in [-0.2, -0.15) is 11.8 Å². The van der Waals surface area contributed by atoms with Gasteiger partial charge in [-0.3, -0.25) is 0 Å². The Bertz CT molecular complexity index is 316. The molecule has 1 atom stereocenters. The van der Waals surface area contributed by atoms with Crippen LogP contribution in [0.3, 0.4) is 0 Å². The highest BCUT2D eigenvalue weighted by molar-refractivity contribution is 7.99. The zero-order valence-electron chi connectivity index (χ0n) is 10.1. The van der Waals surface area contributed by atoms with Gasteiger partial charge in [0.15, 0.2) is 0 Å². The molecule has 1 aliphatic heterocycles. The number of thioether (sulfide) groups is 1. The zero-order valence-corrected chi connectivity index (χ0v) is 11.0. The normalized spacial score (nSPS) is 20.8. The average Bonchev–Trinajstić information content (AvgIpc) is 2.84. The number of rotatable bonds is 5. The van der Waals surface area contributed by atoms with E-state index in [0.29, 0.717) is 12.0 Å². The monoisotopic (exact) mass is 239 g/mol. The maximum absolute atomic E-state index is 4.24. The molecule has 2 rings (SSSR count). The Hall–Kier alpha value is -0.480. The quantitative estimate of drug-likeness (QED) is 0.854. The molecule has 0 aromatic carbocycles. The molecule has 0 saturated carbocycles. The summed E-state index contributed by atoms with van der Waals surface area (Å²) in [6, 6.07) is 0.701. The molecule has 0 unspecified atom stereocenters. The molecule has 90 valence electrons. The molecule has 16 heavy (non-hydrogen) atoms. The molecule has 1 aromatic rings. The highest BCUT2D eigenvalue weighted by Crippen LogP contribution is 2.17. The van der Waals surface area contributed by atoms with Gasteiger partial charge in [0.1, 0.15) is 0 Å². The van der Waals surface area contributed by atoms with E-state index in [-0.39, 0.29) is 0 Å². The fraction of sp³-hybridized carbons (Fsp3) is 0.750. The summed E-state index contributed by atoms with van der Waals surface area (Å²) in [5.41, 5.74) is 1.31. The van der Waals surface area contributed by atoms with Gasteiger partial charge in [0, 0.05) is 31.1 Å². The molecule has 4 heteroatoms. The molecule has 0 aliphatic carbocycles. The van der Waals surface area contributed by atoms with Crippen molar-refractivity contribution < 1.29 is 0 Å². The van der Waals surface area contributed by atoms with Crippen LogP contribution in [0.15, 0.2) is 12.5 Å². The van der Waals surface area contributed by atoms with Gasteiger partial charge in [-0.05, 0) is 18.1 Å². The highest BCUT2D eigenvalue weighted by Gasteiger charge is 2.15. The Kier molecular flexibility index (Phi) is 4.29. The lowest BCUT2D eigenvalue weighted by Gasteiger charge is -2.14. The van der Waals surface area contributed by atoms with E-state index in [1.54, 1.807) is 0 Å². The number of imidazole rings is 1. The van der Waals surface area contributed by atoms with Crippen molar-refractivity contribution in [3.05, 3.63) is 18.2 Å². The Morgan fingerprint density at radius 2 is 2.50 bits per heavy atom. The summed E-state index contributed by atoms with van der Waals surface area (Å²) in [6.45, 7) is 6.50. The zero-order chi connectivity index (χ0) is 11.4. The van der Waals surface area contributed by atoms with Crippen molar-refractivity contribution in [3.63, 3.8) is 0 Å². The summed E-state index contributed by atoms with van der Waals surface area (Å²) < 4.78 is 2.26. The van der Waals surface area contributed by atoms with Gasteiger partial charge in [-0.15, -0.1) is 0 Å². The van der Waals surface area contributed by atoms with E-state index < -0.39 is 0 Å². The van der Waals surface area contributed by atoms with E-state index in [0.717, 1.165) is 13.1 Å². The first-order chi connectivity index (χ1) is 7.75. The van der Waals surface area contributed by atoms with Crippen molar-refractivity contribution in [2.75, 3.05) is 11.5 Å². The van der Waals surface area contributed by atoms with Gasteiger partial charge in [0.25, 0.3) is 0 Å². The van der Waals surface area contributed by atoms with E-state index in [9.17, 15) is 0 Å². The lowest BCUT2D eigenvalue weighted by molar-refractivity contribution is 0.486. The van der Waals surface area contributed by atoms with E-state index in [1.165, 1.54) is 23.6 Å². The van der Waals surface area contributed by atoms with E-state index in [4.69, 9.17) is 0 Å². The summed E-state index contributed by atoms with van der Waals surface area (Å²) in [5, 5.41) is 3.62. The van der Waals surface area contributed by atoms with E-state index >= 15 is 0 Å². The summed E-state index contributed by atoms with van der Waals surface area (Å²) in [5.74, 6) is 3.25. The first kappa shape index (κ1) is 12.0. The van der Waals surface area contributed by atoms with Crippen LogP contribution in [0.1, 0.15) is 26.0 Å². The van der Waals surface area contributed by atoms with Crippen molar-refractivity contribution in [1.82, 2.24) is 14.9 Å². The van der Waals surface area contributed by atoms with Gasteiger partial charge < -0.3 is 9.88 Å². The number of hydrogen-bond acceptors (Lipinski definition) is 3. The second-order valence-corrected chi connectivity index (χ2v) is 6.02. The number of hydrogen-bond donors (Lipinski definition) is 1. The van der Waals surface area contributed by atoms with Gasteiger partial charge in [-0.25, -0.2) is 4.98 Å². The molecule has 1 N–H and O–H groups in total. The first-order valence-corrected chi connectivity index (χ1v) is 7.21. The van der Waals surface area contributed by atoms with Gasteiger partial charge in [0.05, 0.1) is 12.0 Å². The first-order valence-electron chi connectivity index (χ1n) is 6.06. The molecular weight excluding hydrogens is 218 g/mol. The minimum Gasteiger partial charge on any atom is -0.333 e. The van der Waals surface area contributed by atoms with Crippen molar-refractivity contribution in [2.45, 2.75) is 39.4 Å². The maximum Gasteiger partial charge on any atom is 0.0948 e. The third-order valence-corrected chi connectivity index (χ3v) is 4.02. The van der Waals surface area contributed by atoms with Crippen molar-refractivity contribution in [1.29, 1.82) is 0 Å². The van der Waals surface area contributed by atoms with Crippen LogP contribution in [0.25, 0.3) is 0 Å². The molecule has 0 radical (unpaired) electrons. The predicted octanol–water partition coefficient (Wildman–Crippen LogP) is 2.13. The Morgan fingerprint density at radius 1 is 1.62 bits per heavy atom. The third-order valence-electron chi connectivity index (χ3n) is 2.86. The minimum atomic E-state index is 0.676.